The number of anilines is 1. The lowest BCUT2D eigenvalue weighted by Gasteiger charge is -2.32. The van der Waals surface area contributed by atoms with E-state index < -0.39 is 0 Å². The molecular weight excluding hydrogens is 316 g/mol. The number of aryl methyl sites for hydroxylation is 1. The second-order valence-corrected chi connectivity index (χ2v) is 6.42. The molecule has 128 valence electrons. The lowest BCUT2D eigenvalue weighted by atomic mass is 10.0. The Morgan fingerprint density at radius 3 is 2.88 bits per heavy atom. The fraction of sp³-hybridized carbons (Fsp3) is 0.333. The zero-order chi connectivity index (χ0) is 17.2. The molecule has 3 aromatic rings. The number of pyridine rings is 1. The molecule has 4 rings (SSSR count). The summed E-state index contributed by atoms with van der Waals surface area (Å²) in [4.78, 5) is 19.1. The van der Waals surface area contributed by atoms with Crippen LogP contribution in [0.25, 0.3) is 5.65 Å². The first-order valence-electron chi connectivity index (χ1n) is 8.48. The van der Waals surface area contributed by atoms with Crippen molar-refractivity contribution in [2.24, 2.45) is 0 Å². The lowest BCUT2D eigenvalue weighted by molar-refractivity contribution is 0.0713. The summed E-state index contributed by atoms with van der Waals surface area (Å²) in [5, 5.41) is 11.3. The third kappa shape index (κ3) is 3.31. The van der Waals surface area contributed by atoms with Gasteiger partial charge in [0.2, 0.25) is 0 Å². The molecule has 25 heavy (non-hydrogen) atoms. The van der Waals surface area contributed by atoms with Crippen molar-refractivity contribution >= 4 is 17.4 Å². The lowest BCUT2D eigenvalue weighted by Crippen LogP contribution is -2.42. The molecule has 0 radical (unpaired) electrons. The average molecular weight is 336 g/mol. The van der Waals surface area contributed by atoms with Gasteiger partial charge in [-0.3, -0.25) is 4.79 Å². The number of nitrogens with zero attached hydrogens (tertiary/aromatic N) is 5. The fourth-order valence-electron chi connectivity index (χ4n) is 3.16. The van der Waals surface area contributed by atoms with Crippen molar-refractivity contribution < 1.29 is 4.79 Å². The van der Waals surface area contributed by atoms with Crippen LogP contribution in [0.3, 0.4) is 0 Å². The van der Waals surface area contributed by atoms with Gasteiger partial charge in [-0.25, -0.2) is 4.98 Å². The summed E-state index contributed by atoms with van der Waals surface area (Å²) in [5.41, 5.74) is 2.45. The molecule has 1 saturated heterocycles. The molecule has 7 heteroatoms. The number of hydrogen-bond donors (Lipinski definition) is 1. The summed E-state index contributed by atoms with van der Waals surface area (Å²) in [6.07, 6.45) is 7.17. The first kappa shape index (κ1) is 15.6. The Labute approximate surface area is 145 Å². The highest BCUT2D eigenvalue weighted by atomic mass is 16.2. The van der Waals surface area contributed by atoms with Gasteiger partial charge in [-0.2, -0.15) is 5.10 Å². The Bertz CT molecular complexity index is 883. The van der Waals surface area contributed by atoms with Gasteiger partial charge in [0.25, 0.3) is 5.91 Å². The van der Waals surface area contributed by atoms with E-state index in [0.29, 0.717) is 24.8 Å². The van der Waals surface area contributed by atoms with Gasteiger partial charge in [0.15, 0.2) is 0 Å². The molecule has 0 saturated carbocycles. The van der Waals surface area contributed by atoms with Gasteiger partial charge in [-0.15, -0.1) is 5.10 Å². The van der Waals surface area contributed by atoms with E-state index in [1.54, 1.807) is 12.4 Å². The van der Waals surface area contributed by atoms with Crippen molar-refractivity contribution in [3.63, 3.8) is 0 Å². The summed E-state index contributed by atoms with van der Waals surface area (Å²) in [6, 6.07) is 8.06. The molecular formula is C18H20N6O. The molecule has 0 atom stereocenters. The third-order valence-electron chi connectivity index (χ3n) is 4.54. The number of piperidine rings is 1. The predicted molar refractivity (Wildman–Crippen MR) is 94.5 cm³/mol. The summed E-state index contributed by atoms with van der Waals surface area (Å²) in [5.74, 6) is 0.780. The SMILES string of the molecule is Cc1ccn2cc(C(=O)N3CCC(Nc4cccnn4)CC3)nc2c1. The van der Waals surface area contributed by atoms with Crippen LogP contribution in [0.2, 0.25) is 0 Å². The number of carbonyl (C=O) groups is 1. The third-order valence-corrected chi connectivity index (χ3v) is 4.54. The van der Waals surface area contributed by atoms with Gasteiger partial charge < -0.3 is 14.6 Å². The monoisotopic (exact) mass is 336 g/mol. The molecule has 0 bridgehead atoms. The second-order valence-electron chi connectivity index (χ2n) is 6.42. The molecule has 4 heterocycles. The minimum absolute atomic E-state index is 0.000643. The molecule has 0 spiro atoms. The first-order chi connectivity index (χ1) is 12.2. The second kappa shape index (κ2) is 6.51. The Balaban J connectivity index is 1.40. The van der Waals surface area contributed by atoms with Crippen LogP contribution in [0, 0.1) is 6.92 Å². The van der Waals surface area contributed by atoms with Crippen LogP contribution in [-0.4, -0.2) is 49.5 Å². The van der Waals surface area contributed by atoms with Crippen LogP contribution in [0.1, 0.15) is 28.9 Å². The molecule has 1 aliphatic heterocycles. The largest absolute Gasteiger partial charge is 0.366 e. The van der Waals surface area contributed by atoms with Crippen LogP contribution < -0.4 is 5.32 Å². The quantitative estimate of drug-likeness (QED) is 0.793. The van der Waals surface area contributed by atoms with E-state index in [1.807, 2.05) is 46.7 Å². The highest BCUT2D eigenvalue weighted by Gasteiger charge is 2.25. The molecule has 0 aromatic carbocycles. The zero-order valence-electron chi connectivity index (χ0n) is 14.1. The number of likely N-dealkylation sites (tertiary alicyclic amines) is 1. The van der Waals surface area contributed by atoms with Crippen LogP contribution in [0.4, 0.5) is 5.82 Å². The van der Waals surface area contributed by atoms with E-state index in [-0.39, 0.29) is 5.91 Å². The topological polar surface area (TPSA) is 75.4 Å². The predicted octanol–water partition coefficient (Wildman–Crippen LogP) is 2.15. The van der Waals surface area contributed by atoms with Crippen LogP contribution in [0.15, 0.2) is 42.9 Å². The molecule has 7 nitrogen and oxygen atoms in total. The number of carbonyl (C=O) groups excluding carboxylic acids is 1. The van der Waals surface area contributed by atoms with Crippen molar-refractivity contribution in [2.75, 3.05) is 18.4 Å². The first-order valence-corrected chi connectivity index (χ1v) is 8.48. The van der Waals surface area contributed by atoms with Gasteiger partial charge in [0.05, 0.1) is 0 Å². The summed E-state index contributed by atoms with van der Waals surface area (Å²) in [6.45, 7) is 3.44. The molecule has 3 aromatic heterocycles. The number of fused-ring (bicyclic) bond motifs is 1. The number of imidazole rings is 1. The average Bonchev–Trinajstić information content (AvgIpc) is 3.06. The Morgan fingerprint density at radius 2 is 2.12 bits per heavy atom. The highest BCUT2D eigenvalue weighted by Crippen LogP contribution is 2.17. The van der Waals surface area contributed by atoms with Crippen molar-refractivity contribution in [1.82, 2.24) is 24.5 Å². The molecule has 0 aliphatic carbocycles. The number of rotatable bonds is 3. The van der Waals surface area contributed by atoms with Crippen molar-refractivity contribution in [2.45, 2.75) is 25.8 Å². The fourth-order valence-corrected chi connectivity index (χ4v) is 3.16. The van der Waals surface area contributed by atoms with E-state index in [1.165, 1.54) is 0 Å². The highest BCUT2D eigenvalue weighted by molar-refractivity contribution is 5.93. The molecule has 1 fully saturated rings. The maximum Gasteiger partial charge on any atom is 0.274 e. The van der Waals surface area contributed by atoms with Gasteiger partial charge >= 0.3 is 0 Å². The smallest absolute Gasteiger partial charge is 0.274 e. The normalized spacial score (nSPS) is 15.5. The van der Waals surface area contributed by atoms with E-state index >= 15 is 0 Å². The molecule has 0 unspecified atom stereocenters. The minimum atomic E-state index is -0.000643. The van der Waals surface area contributed by atoms with Gasteiger partial charge in [0.1, 0.15) is 17.2 Å². The zero-order valence-corrected chi connectivity index (χ0v) is 14.1. The van der Waals surface area contributed by atoms with E-state index in [2.05, 4.69) is 20.5 Å². The molecule has 1 aliphatic rings. The maximum absolute atomic E-state index is 12.7. The van der Waals surface area contributed by atoms with Crippen LogP contribution in [0.5, 0.6) is 0 Å². The van der Waals surface area contributed by atoms with E-state index in [4.69, 9.17) is 0 Å². The maximum atomic E-state index is 12.7. The molecule has 1 N–H and O–H groups in total. The van der Waals surface area contributed by atoms with Crippen molar-refractivity contribution in [3.05, 3.63) is 54.1 Å². The van der Waals surface area contributed by atoms with E-state index in [9.17, 15) is 4.79 Å². The summed E-state index contributed by atoms with van der Waals surface area (Å²) in [7, 11) is 0. The van der Waals surface area contributed by atoms with Gasteiger partial charge in [-0.1, -0.05) is 0 Å². The Kier molecular flexibility index (Phi) is 4.05. The van der Waals surface area contributed by atoms with Gasteiger partial charge in [-0.05, 0) is 49.6 Å². The summed E-state index contributed by atoms with van der Waals surface area (Å²) >= 11 is 0. The summed E-state index contributed by atoms with van der Waals surface area (Å²) < 4.78 is 1.89. The van der Waals surface area contributed by atoms with Crippen molar-refractivity contribution in [3.8, 4) is 0 Å². The van der Waals surface area contributed by atoms with Gasteiger partial charge in [0, 0.05) is 37.7 Å². The number of amides is 1. The van der Waals surface area contributed by atoms with Crippen molar-refractivity contribution in [1.29, 1.82) is 0 Å². The number of hydrogen-bond acceptors (Lipinski definition) is 5. The standard InChI is InChI=1S/C18H20N6O/c1-13-4-8-24-12-15(21-17(24)11-13)18(25)23-9-5-14(6-10-23)20-16-3-2-7-19-22-16/h2-4,7-8,11-12,14H,5-6,9-10H2,1H3,(H,20,22). The molecule has 1 amide bonds. The van der Waals surface area contributed by atoms with Crippen LogP contribution >= 0.6 is 0 Å². The Hall–Kier alpha value is -2.96. The van der Waals surface area contributed by atoms with E-state index in [0.717, 1.165) is 29.9 Å². The van der Waals surface area contributed by atoms with Crippen LogP contribution in [-0.2, 0) is 0 Å². The number of aromatic nitrogens is 4. The Morgan fingerprint density at radius 1 is 1.28 bits per heavy atom. The minimum Gasteiger partial charge on any atom is -0.366 e. The number of nitrogens with one attached hydrogen (secondary N) is 1.